The van der Waals surface area contributed by atoms with E-state index in [4.69, 9.17) is 4.74 Å². The summed E-state index contributed by atoms with van der Waals surface area (Å²) in [5.74, 6) is 0.564. The molecule has 0 fully saturated rings. The lowest BCUT2D eigenvalue weighted by Gasteiger charge is -2.16. The fraction of sp³-hybridized carbons (Fsp3) is 0.316. The van der Waals surface area contributed by atoms with Gasteiger partial charge >= 0.3 is 0 Å². The molecular weight excluding hydrogens is 352 g/mol. The Balaban J connectivity index is 1.72. The minimum absolute atomic E-state index is 0.0438. The molecule has 2 aromatic rings. The molecule has 0 radical (unpaired) electrons. The summed E-state index contributed by atoms with van der Waals surface area (Å²) in [6.45, 7) is 3.63. The van der Waals surface area contributed by atoms with Crippen LogP contribution in [0.15, 0.2) is 42.5 Å². The van der Waals surface area contributed by atoms with Gasteiger partial charge in [-0.05, 0) is 61.7 Å². The highest BCUT2D eigenvalue weighted by atomic mass is 32.2. The first kappa shape index (κ1) is 18.3. The lowest BCUT2D eigenvalue weighted by atomic mass is 9.86. The zero-order valence-corrected chi connectivity index (χ0v) is 15.8. The Bertz CT molecular complexity index is 952. The molecule has 1 aliphatic heterocycles. The van der Waals surface area contributed by atoms with E-state index in [0.29, 0.717) is 17.9 Å². The standard InChI is InChI=1S/C19H22N2O4S/c1-19(2)16-12-14(7-8-17(16)20-18(19)22)21-26(23,24)10-9-13-5-4-6-15(11-13)25-3/h4-8,11-12,21H,9-10H2,1-3H3,(H,20,22). The number of rotatable bonds is 6. The Labute approximate surface area is 153 Å². The highest BCUT2D eigenvalue weighted by Crippen LogP contribution is 2.38. The van der Waals surface area contributed by atoms with Gasteiger partial charge in [0.2, 0.25) is 15.9 Å². The smallest absolute Gasteiger partial charge is 0.234 e. The average Bonchev–Trinajstić information content (AvgIpc) is 2.83. The van der Waals surface area contributed by atoms with Crippen molar-refractivity contribution in [2.45, 2.75) is 25.7 Å². The van der Waals surface area contributed by atoms with Crippen LogP contribution in [0, 0.1) is 0 Å². The Morgan fingerprint density at radius 2 is 1.92 bits per heavy atom. The normalized spacial score (nSPS) is 15.3. The van der Waals surface area contributed by atoms with Gasteiger partial charge in [-0.2, -0.15) is 0 Å². The van der Waals surface area contributed by atoms with E-state index in [1.54, 1.807) is 25.3 Å². The zero-order valence-electron chi connectivity index (χ0n) is 15.0. The number of anilines is 2. The Hall–Kier alpha value is -2.54. The largest absolute Gasteiger partial charge is 0.497 e. The molecule has 0 spiro atoms. The minimum Gasteiger partial charge on any atom is -0.497 e. The summed E-state index contributed by atoms with van der Waals surface area (Å²) in [5.41, 5.74) is 2.17. The maximum Gasteiger partial charge on any atom is 0.234 e. The quantitative estimate of drug-likeness (QED) is 0.814. The van der Waals surface area contributed by atoms with Gasteiger partial charge < -0.3 is 10.1 Å². The van der Waals surface area contributed by atoms with E-state index >= 15 is 0 Å². The molecule has 0 atom stereocenters. The summed E-state index contributed by atoms with van der Waals surface area (Å²) in [4.78, 5) is 12.0. The third kappa shape index (κ3) is 3.67. The van der Waals surface area contributed by atoms with Crippen LogP contribution in [-0.2, 0) is 26.7 Å². The number of methoxy groups -OCH3 is 1. The monoisotopic (exact) mass is 374 g/mol. The SMILES string of the molecule is COc1cccc(CCS(=O)(=O)Nc2ccc3c(c2)C(C)(C)C(=O)N3)c1. The molecule has 0 saturated carbocycles. The number of nitrogens with one attached hydrogen (secondary N) is 2. The summed E-state index contributed by atoms with van der Waals surface area (Å²) in [6, 6.07) is 12.4. The van der Waals surface area contributed by atoms with E-state index in [-0.39, 0.29) is 11.7 Å². The second-order valence-corrected chi connectivity index (χ2v) is 8.70. The van der Waals surface area contributed by atoms with Gasteiger partial charge in [0, 0.05) is 11.4 Å². The Morgan fingerprint density at radius 1 is 1.15 bits per heavy atom. The number of carbonyl (C=O) groups excluding carboxylic acids is 1. The number of hydrogen-bond acceptors (Lipinski definition) is 4. The van der Waals surface area contributed by atoms with Gasteiger partial charge in [0.1, 0.15) is 5.75 Å². The molecule has 0 aromatic heterocycles. The van der Waals surface area contributed by atoms with Crippen LogP contribution >= 0.6 is 0 Å². The van der Waals surface area contributed by atoms with Crippen molar-refractivity contribution in [3.8, 4) is 5.75 Å². The summed E-state index contributed by atoms with van der Waals surface area (Å²) >= 11 is 0. The van der Waals surface area contributed by atoms with Crippen molar-refractivity contribution in [3.63, 3.8) is 0 Å². The van der Waals surface area contributed by atoms with Crippen LogP contribution < -0.4 is 14.8 Å². The number of benzene rings is 2. The molecular formula is C19H22N2O4S. The van der Waals surface area contributed by atoms with Crippen molar-refractivity contribution >= 4 is 27.3 Å². The fourth-order valence-corrected chi connectivity index (χ4v) is 4.04. The van der Waals surface area contributed by atoms with Gasteiger partial charge in [-0.25, -0.2) is 8.42 Å². The van der Waals surface area contributed by atoms with Crippen LogP contribution in [0.3, 0.4) is 0 Å². The Kier molecular flexibility index (Phi) is 4.66. The third-order valence-corrected chi connectivity index (χ3v) is 5.86. The maximum atomic E-state index is 12.4. The van der Waals surface area contributed by atoms with Crippen LogP contribution in [0.1, 0.15) is 25.0 Å². The predicted octanol–water partition coefficient (Wildman–Crippen LogP) is 2.91. The molecule has 1 aliphatic rings. The highest BCUT2D eigenvalue weighted by molar-refractivity contribution is 7.92. The van der Waals surface area contributed by atoms with E-state index in [2.05, 4.69) is 10.0 Å². The molecule has 2 aromatic carbocycles. The number of ether oxygens (including phenoxy) is 1. The molecule has 3 rings (SSSR count). The molecule has 1 amide bonds. The second kappa shape index (κ2) is 6.64. The van der Waals surface area contributed by atoms with Gasteiger partial charge in [-0.15, -0.1) is 0 Å². The van der Waals surface area contributed by atoms with Crippen molar-refractivity contribution < 1.29 is 17.9 Å². The number of hydrogen-bond donors (Lipinski definition) is 2. The molecule has 7 heteroatoms. The van der Waals surface area contributed by atoms with Crippen molar-refractivity contribution in [1.29, 1.82) is 0 Å². The minimum atomic E-state index is -3.52. The lowest BCUT2D eigenvalue weighted by Crippen LogP contribution is -2.27. The maximum absolute atomic E-state index is 12.4. The van der Waals surface area contributed by atoms with Crippen molar-refractivity contribution in [1.82, 2.24) is 0 Å². The molecule has 26 heavy (non-hydrogen) atoms. The van der Waals surface area contributed by atoms with Crippen LogP contribution in [0.2, 0.25) is 0 Å². The van der Waals surface area contributed by atoms with E-state index in [1.165, 1.54) is 0 Å². The first-order chi connectivity index (χ1) is 12.2. The van der Waals surface area contributed by atoms with Gasteiger partial charge in [0.15, 0.2) is 0 Å². The molecule has 0 unspecified atom stereocenters. The molecule has 0 aliphatic carbocycles. The number of fused-ring (bicyclic) bond motifs is 1. The molecule has 1 heterocycles. The molecule has 2 N–H and O–H groups in total. The lowest BCUT2D eigenvalue weighted by molar-refractivity contribution is -0.119. The van der Waals surface area contributed by atoms with E-state index in [1.807, 2.05) is 38.1 Å². The van der Waals surface area contributed by atoms with E-state index in [9.17, 15) is 13.2 Å². The van der Waals surface area contributed by atoms with Gasteiger partial charge in [0.25, 0.3) is 0 Å². The number of sulfonamides is 1. The third-order valence-electron chi connectivity index (χ3n) is 4.58. The topological polar surface area (TPSA) is 84.5 Å². The summed E-state index contributed by atoms with van der Waals surface area (Å²) in [6.07, 6.45) is 0.378. The molecule has 0 saturated heterocycles. The molecule has 6 nitrogen and oxygen atoms in total. The van der Waals surface area contributed by atoms with Gasteiger partial charge in [-0.1, -0.05) is 12.1 Å². The summed E-state index contributed by atoms with van der Waals surface area (Å²) in [5, 5.41) is 2.81. The van der Waals surface area contributed by atoms with Crippen LogP contribution in [0.25, 0.3) is 0 Å². The first-order valence-corrected chi connectivity index (χ1v) is 9.96. The van der Waals surface area contributed by atoms with Crippen molar-refractivity contribution in [2.24, 2.45) is 0 Å². The van der Waals surface area contributed by atoms with Crippen molar-refractivity contribution in [2.75, 3.05) is 22.9 Å². The first-order valence-electron chi connectivity index (χ1n) is 8.31. The predicted molar refractivity (Wildman–Crippen MR) is 102 cm³/mol. The molecule has 0 bridgehead atoms. The molecule has 138 valence electrons. The van der Waals surface area contributed by atoms with Crippen LogP contribution in [0.4, 0.5) is 11.4 Å². The zero-order chi connectivity index (χ0) is 18.9. The second-order valence-electron chi connectivity index (χ2n) is 6.86. The average molecular weight is 374 g/mol. The van der Waals surface area contributed by atoms with Crippen molar-refractivity contribution in [3.05, 3.63) is 53.6 Å². The van der Waals surface area contributed by atoms with Gasteiger partial charge in [0.05, 0.1) is 18.3 Å². The summed E-state index contributed by atoms with van der Waals surface area (Å²) in [7, 11) is -1.94. The van der Waals surface area contributed by atoms with Crippen LogP contribution in [0.5, 0.6) is 5.75 Å². The van der Waals surface area contributed by atoms with E-state index in [0.717, 1.165) is 16.8 Å². The summed E-state index contributed by atoms with van der Waals surface area (Å²) < 4.78 is 32.6. The van der Waals surface area contributed by atoms with Gasteiger partial charge in [-0.3, -0.25) is 9.52 Å². The van der Waals surface area contributed by atoms with E-state index < -0.39 is 15.4 Å². The van der Waals surface area contributed by atoms with Crippen LogP contribution in [-0.4, -0.2) is 27.2 Å². The fourth-order valence-electron chi connectivity index (χ4n) is 2.95. The number of amides is 1. The Morgan fingerprint density at radius 3 is 2.65 bits per heavy atom. The number of aryl methyl sites for hydroxylation is 1. The highest BCUT2D eigenvalue weighted by Gasteiger charge is 2.38. The number of carbonyl (C=O) groups is 1.